The van der Waals surface area contributed by atoms with E-state index in [2.05, 4.69) is 25.0 Å². The Morgan fingerprint density at radius 2 is 2.22 bits per heavy atom. The molecule has 0 saturated carbocycles. The van der Waals surface area contributed by atoms with Crippen LogP contribution in [0.1, 0.15) is 36.5 Å². The van der Waals surface area contributed by atoms with Crippen LogP contribution in [0.15, 0.2) is 18.2 Å². The van der Waals surface area contributed by atoms with Crippen LogP contribution >= 0.6 is 0 Å². The van der Waals surface area contributed by atoms with Crippen molar-refractivity contribution >= 4 is 5.91 Å². The average molecular weight is 247 g/mol. The van der Waals surface area contributed by atoms with E-state index in [1.165, 1.54) is 0 Å². The van der Waals surface area contributed by atoms with Gasteiger partial charge in [-0.25, -0.2) is 0 Å². The molecule has 1 aliphatic heterocycles. The number of rotatable bonds is 3. The Hall–Kier alpha value is -1.58. The molecule has 4 nitrogen and oxygen atoms in total. The van der Waals surface area contributed by atoms with Crippen LogP contribution in [0.5, 0.6) is 0 Å². The number of aromatic nitrogens is 2. The Balaban J connectivity index is 2.14. The Morgan fingerprint density at radius 1 is 1.44 bits per heavy atom. The van der Waals surface area contributed by atoms with Gasteiger partial charge in [-0.05, 0) is 24.8 Å². The molecule has 0 unspecified atom stereocenters. The van der Waals surface area contributed by atoms with Gasteiger partial charge in [0.05, 0.1) is 5.69 Å². The lowest BCUT2D eigenvalue weighted by atomic mass is 10.1. The topological polar surface area (TPSA) is 38.1 Å². The van der Waals surface area contributed by atoms with Crippen molar-refractivity contribution in [3.63, 3.8) is 0 Å². The van der Waals surface area contributed by atoms with Crippen LogP contribution in [0.3, 0.4) is 0 Å². The van der Waals surface area contributed by atoms with Crippen LogP contribution in [0.25, 0.3) is 0 Å². The molecular weight excluding hydrogens is 226 g/mol. The van der Waals surface area contributed by atoms with Gasteiger partial charge in [0.1, 0.15) is 5.69 Å². The summed E-state index contributed by atoms with van der Waals surface area (Å²) in [4.78, 5) is 14.2. The molecule has 0 saturated heterocycles. The third-order valence-corrected chi connectivity index (χ3v) is 3.11. The molecule has 0 radical (unpaired) electrons. The normalized spacial score (nSPS) is 15.4. The summed E-state index contributed by atoms with van der Waals surface area (Å²) in [5.41, 5.74) is 1.70. The maximum atomic E-state index is 12.4. The molecule has 98 valence electrons. The molecule has 0 fully saturated rings. The van der Waals surface area contributed by atoms with Crippen molar-refractivity contribution in [1.82, 2.24) is 14.7 Å². The van der Waals surface area contributed by atoms with Crippen LogP contribution in [0.2, 0.25) is 0 Å². The van der Waals surface area contributed by atoms with Crippen molar-refractivity contribution in [2.24, 2.45) is 13.0 Å². The minimum absolute atomic E-state index is 0.0874. The van der Waals surface area contributed by atoms with Crippen LogP contribution < -0.4 is 0 Å². The van der Waals surface area contributed by atoms with Gasteiger partial charge in [0.25, 0.3) is 5.91 Å². The predicted molar refractivity (Wildman–Crippen MR) is 71.4 cm³/mol. The molecule has 18 heavy (non-hydrogen) atoms. The zero-order chi connectivity index (χ0) is 13.1. The number of carbonyl (C=O) groups excluding carboxylic acids is 1. The fourth-order valence-corrected chi connectivity index (χ4v) is 2.23. The maximum Gasteiger partial charge on any atom is 0.272 e. The number of carbonyl (C=O) groups is 1. The molecule has 0 aromatic carbocycles. The molecule has 1 aromatic heterocycles. The van der Waals surface area contributed by atoms with E-state index in [1.54, 1.807) is 4.68 Å². The predicted octanol–water partition coefficient (Wildman–Crippen LogP) is 2.02. The van der Waals surface area contributed by atoms with Crippen LogP contribution in [0, 0.1) is 5.92 Å². The molecule has 0 atom stereocenters. The first kappa shape index (κ1) is 12.9. The maximum absolute atomic E-state index is 12.4. The summed E-state index contributed by atoms with van der Waals surface area (Å²) in [6.07, 6.45) is 6.04. The largest absolute Gasteiger partial charge is 0.333 e. The molecule has 1 amide bonds. The van der Waals surface area contributed by atoms with E-state index in [0.717, 1.165) is 25.1 Å². The highest BCUT2D eigenvalue weighted by Gasteiger charge is 2.20. The van der Waals surface area contributed by atoms with Crippen molar-refractivity contribution < 1.29 is 4.79 Å². The molecule has 2 rings (SSSR count). The van der Waals surface area contributed by atoms with E-state index in [0.29, 0.717) is 18.2 Å². The first-order chi connectivity index (χ1) is 8.58. The first-order valence-electron chi connectivity index (χ1n) is 6.55. The number of aryl methyl sites for hydroxylation is 1. The van der Waals surface area contributed by atoms with Gasteiger partial charge < -0.3 is 4.90 Å². The van der Waals surface area contributed by atoms with Crippen molar-refractivity contribution in [3.8, 4) is 0 Å². The van der Waals surface area contributed by atoms with Gasteiger partial charge in [-0.2, -0.15) is 5.10 Å². The summed E-state index contributed by atoms with van der Waals surface area (Å²) in [5, 5.41) is 4.42. The monoisotopic (exact) mass is 247 g/mol. The Morgan fingerprint density at radius 3 is 2.83 bits per heavy atom. The van der Waals surface area contributed by atoms with Gasteiger partial charge in [-0.3, -0.25) is 9.48 Å². The summed E-state index contributed by atoms with van der Waals surface area (Å²) in [6.45, 7) is 5.83. The summed E-state index contributed by atoms with van der Waals surface area (Å²) >= 11 is 0. The van der Waals surface area contributed by atoms with E-state index in [-0.39, 0.29) is 5.91 Å². The second-order valence-electron chi connectivity index (χ2n) is 5.25. The number of nitrogens with zero attached hydrogens (tertiary/aromatic N) is 3. The molecule has 0 aliphatic carbocycles. The van der Waals surface area contributed by atoms with Gasteiger partial charge >= 0.3 is 0 Å². The van der Waals surface area contributed by atoms with Crippen molar-refractivity contribution in [3.05, 3.63) is 29.6 Å². The summed E-state index contributed by atoms with van der Waals surface area (Å²) in [7, 11) is 1.84. The van der Waals surface area contributed by atoms with Gasteiger partial charge in [0.2, 0.25) is 0 Å². The zero-order valence-corrected chi connectivity index (χ0v) is 11.4. The zero-order valence-electron chi connectivity index (χ0n) is 11.4. The first-order valence-corrected chi connectivity index (χ1v) is 6.55. The molecule has 1 aliphatic rings. The molecule has 0 N–H and O–H groups in total. The van der Waals surface area contributed by atoms with E-state index in [4.69, 9.17) is 0 Å². The lowest BCUT2D eigenvalue weighted by Crippen LogP contribution is -2.34. The van der Waals surface area contributed by atoms with Crippen molar-refractivity contribution in [2.75, 3.05) is 13.1 Å². The summed E-state index contributed by atoms with van der Waals surface area (Å²) in [6, 6.07) is 1.93. The van der Waals surface area contributed by atoms with E-state index in [1.807, 2.05) is 24.1 Å². The van der Waals surface area contributed by atoms with Gasteiger partial charge in [0.15, 0.2) is 0 Å². The number of hydrogen-bond donors (Lipinski definition) is 0. The molecule has 4 heteroatoms. The van der Waals surface area contributed by atoms with Crippen LogP contribution in [0.4, 0.5) is 0 Å². The lowest BCUT2D eigenvalue weighted by molar-refractivity contribution is 0.0760. The molecule has 1 aromatic rings. The second kappa shape index (κ2) is 5.38. The van der Waals surface area contributed by atoms with E-state index >= 15 is 0 Å². The fourth-order valence-electron chi connectivity index (χ4n) is 2.23. The molecule has 0 spiro atoms. The quantitative estimate of drug-likeness (QED) is 0.766. The number of amides is 1. The summed E-state index contributed by atoms with van der Waals surface area (Å²) < 4.78 is 1.71. The standard InChI is InChI=1S/C14H21N3O/c1-11(2)9-12-10-13(16(3)15-12)14(18)17-7-5-4-6-8-17/h4-5,10-11H,6-9H2,1-3H3. The van der Waals surface area contributed by atoms with Crippen LogP contribution in [-0.4, -0.2) is 33.7 Å². The van der Waals surface area contributed by atoms with Crippen molar-refractivity contribution in [2.45, 2.75) is 26.7 Å². The third-order valence-electron chi connectivity index (χ3n) is 3.11. The minimum Gasteiger partial charge on any atom is -0.333 e. The van der Waals surface area contributed by atoms with Gasteiger partial charge in [0, 0.05) is 20.1 Å². The van der Waals surface area contributed by atoms with Gasteiger partial charge in [-0.15, -0.1) is 0 Å². The average Bonchev–Trinajstić information content (AvgIpc) is 2.69. The second-order valence-corrected chi connectivity index (χ2v) is 5.25. The third kappa shape index (κ3) is 2.81. The Labute approximate surface area is 108 Å². The van der Waals surface area contributed by atoms with E-state index in [9.17, 15) is 4.79 Å². The Kier molecular flexibility index (Phi) is 3.84. The smallest absolute Gasteiger partial charge is 0.272 e. The van der Waals surface area contributed by atoms with Crippen LogP contribution in [-0.2, 0) is 13.5 Å². The summed E-state index contributed by atoms with van der Waals surface area (Å²) in [5.74, 6) is 0.644. The molecule has 0 bridgehead atoms. The lowest BCUT2D eigenvalue weighted by Gasteiger charge is -2.23. The van der Waals surface area contributed by atoms with Gasteiger partial charge in [-0.1, -0.05) is 26.0 Å². The highest BCUT2D eigenvalue weighted by atomic mass is 16.2. The highest BCUT2D eigenvalue weighted by Crippen LogP contribution is 2.12. The molecule has 2 heterocycles. The number of hydrogen-bond acceptors (Lipinski definition) is 2. The molecular formula is C14H21N3O. The SMILES string of the molecule is CC(C)Cc1cc(C(=O)N2CC=CCC2)n(C)n1. The highest BCUT2D eigenvalue weighted by molar-refractivity contribution is 5.92. The minimum atomic E-state index is 0.0874. The van der Waals surface area contributed by atoms with E-state index < -0.39 is 0 Å². The Bertz CT molecular complexity index is 460. The fraction of sp³-hybridized carbons (Fsp3) is 0.571. The van der Waals surface area contributed by atoms with Crippen molar-refractivity contribution in [1.29, 1.82) is 0 Å².